The molecule has 1 aliphatic rings. The van der Waals surface area contributed by atoms with Crippen molar-refractivity contribution in [3.8, 4) is 0 Å². The van der Waals surface area contributed by atoms with E-state index in [0.29, 0.717) is 5.69 Å². The van der Waals surface area contributed by atoms with Crippen LogP contribution >= 0.6 is 0 Å². The molecule has 1 amide bonds. The lowest BCUT2D eigenvalue weighted by Crippen LogP contribution is -2.32. The van der Waals surface area contributed by atoms with Crippen LogP contribution in [0, 0.1) is 5.41 Å². The topological polar surface area (TPSA) is 73.4 Å². The maximum absolute atomic E-state index is 13.2. The van der Waals surface area contributed by atoms with Gasteiger partial charge in [-0.1, -0.05) is 57.2 Å². The zero-order chi connectivity index (χ0) is 20.1. The second-order valence-electron chi connectivity index (χ2n) is 8.04. The number of carbonyl (C=O) groups is 2. The summed E-state index contributed by atoms with van der Waals surface area (Å²) in [5, 5.41) is 11.6. The number of amides is 1. The fourth-order valence-electron chi connectivity index (χ4n) is 3.71. The van der Waals surface area contributed by atoms with Gasteiger partial charge in [0.25, 0.3) is 5.91 Å². The Kier molecular flexibility index (Phi) is 4.11. The fourth-order valence-corrected chi connectivity index (χ4v) is 3.71. The van der Waals surface area contributed by atoms with Gasteiger partial charge in [-0.25, -0.2) is 0 Å². The highest BCUT2D eigenvalue weighted by Gasteiger charge is 2.47. The normalized spacial score (nSPS) is 17.6. The number of hydrogen-bond donors (Lipinski definition) is 2. The van der Waals surface area contributed by atoms with E-state index in [1.54, 1.807) is 32.9 Å². The Morgan fingerprint density at radius 2 is 1.68 bits per heavy atom. The molecular formula is C23H22N2O3. The molecule has 1 aromatic heterocycles. The number of nitrogens with zero attached hydrogens (tertiary/aromatic N) is 1. The van der Waals surface area contributed by atoms with Crippen molar-refractivity contribution in [1.82, 2.24) is 4.98 Å². The highest BCUT2D eigenvalue weighted by atomic mass is 16.3. The summed E-state index contributed by atoms with van der Waals surface area (Å²) in [6, 6.07) is 16.2. The van der Waals surface area contributed by atoms with E-state index in [1.165, 1.54) is 4.90 Å². The Labute approximate surface area is 163 Å². The van der Waals surface area contributed by atoms with Crippen LogP contribution in [0.5, 0.6) is 0 Å². The first kappa shape index (κ1) is 18.0. The van der Waals surface area contributed by atoms with Gasteiger partial charge in [-0.15, -0.1) is 0 Å². The Hall–Kier alpha value is -3.34. The van der Waals surface area contributed by atoms with E-state index in [2.05, 4.69) is 4.98 Å². The van der Waals surface area contributed by atoms with Crippen molar-refractivity contribution < 1.29 is 14.7 Å². The van der Waals surface area contributed by atoms with Crippen LogP contribution in [0.25, 0.3) is 10.9 Å². The first-order valence-corrected chi connectivity index (χ1v) is 9.23. The van der Waals surface area contributed by atoms with Gasteiger partial charge in [0.05, 0.1) is 11.6 Å². The monoisotopic (exact) mass is 374 g/mol. The van der Waals surface area contributed by atoms with Crippen LogP contribution in [-0.2, 0) is 9.59 Å². The van der Waals surface area contributed by atoms with Gasteiger partial charge in [0.2, 0.25) is 0 Å². The van der Waals surface area contributed by atoms with Crippen molar-refractivity contribution in [3.05, 3.63) is 77.7 Å². The van der Waals surface area contributed by atoms with Crippen molar-refractivity contribution in [2.75, 3.05) is 4.90 Å². The number of Topliss-reactive ketones (excluding diaryl/α,β-unsaturated/α-hetero) is 1. The van der Waals surface area contributed by atoms with Crippen molar-refractivity contribution >= 4 is 28.3 Å². The summed E-state index contributed by atoms with van der Waals surface area (Å²) < 4.78 is 0. The number of para-hydroxylation sites is 2. The van der Waals surface area contributed by atoms with Gasteiger partial charge in [-0.2, -0.15) is 0 Å². The van der Waals surface area contributed by atoms with Crippen molar-refractivity contribution in [3.63, 3.8) is 0 Å². The van der Waals surface area contributed by atoms with Gasteiger partial charge < -0.3 is 10.1 Å². The first-order chi connectivity index (χ1) is 13.3. The van der Waals surface area contributed by atoms with Crippen molar-refractivity contribution in [2.45, 2.75) is 26.8 Å². The van der Waals surface area contributed by atoms with Crippen LogP contribution in [0.3, 0.4) is 0 Å². The average molecular weight is 374 g/mol. The molecule has 0 spiro atoms. The average Bonchev–Trinajstić information content (AvgIpc) is 3.20. The minimum absolute atomic E-state index is 0.145. The fraction of sp³-hybridized carbons (Fsp3) is 0.217. The number of fused-ring (bicyclic) bond motifs is 1. The lowest BCUT2D eigenvalue weighted by atomic mass is 9.82. The van der Waals surface area contributed by atoms with Crippen LogP contribution in [0.1, 0.15) is 32.4 Å². The summed E-state index contributed by atoms with van der Waals surface area (Å²) in [7, 11) is 0. The quantitative estimate of drug-likeness (QED) is 0.699. The van der Waals surface area contributed by atoms with Gasteiger partial charge >= 0.3 is 0 Å². The highest BCUT2D eigenvalue weighted by Crippen LogP contribution is 2.45. The third-order valence-electron chi connectivity index (χ3n) is 5.08. The summed E-state index contributed by atoms with van der Waals surface area (Å²) >= 11 is 0. The zero-order valence-electron chi connectivity index (χ0n) is 16.1. The van der Waals surface area contributed by atoms with Crippen LogP contribution in [0.4, 0.5) is 5.69 Å². The number of rotatable bonds is 3. The Balaban J connectivity index is 1.97. The van der Waals surface area contributed by atoms with E-state index in [9.17, 15) is 14.7 Å². The third kappa shape index (κ3) is 2.71. The van der Waals surface area contributed by atoms with Gasteiger partial charge in [0.1, 0.15) is 0 Å². The molecule has 2 aromatic carbocycles. The molecule has 0 saturated carbocycles. The van der Waals surface area contributed by atoms with Gasteiger partial charge in [0.15, 0.2) is 11.5 Å². The van der Waals surface area contributed by atoms with E-state index in [0.717, 1.165) is 16.5 Å². The van der Waals surface area contributed by atoms with E-state index >= 15 is 0 Å². The van der Waals surface area contributed by atoms with Crippen LogP contribution in [0.15, 0.2) is 72.1 Å². The van der Waals surface area contributed by atoms with E-state index in [-0.39, 0.29) is 11.4 Å². The predicted octanol–water partition coefficient (Wildman–Crippen LogP) is 4.68. The van der Waals surface area contributed by atoms with Crippen LogP contribution < -0.4 is 4.90 Å². The molecule has 1 aliphatic heterocycles. The molecule has 2 N–H and O–H groups in total. The number of carbonyl (C=O) groups excluding carboxylic acids is 2. The first-order valence-electron chi connectivity index (χ1n) is 9.23. The van der Waals surface area contributed by atoms with Crippen LogP contribution in [-0.4, -0.2) is 21.8 Å². The molecule has 0 bridgehead atoms. The number of hydrogen-bond acceptors (Lipinski definition) is 3. The lowest BCUT2D eigenvalue weighted by molar-refractivity contribution is -0.123. The Bertz CT molecular complexity index is 1100. The molecule has 0 aliphatic carbocycles. The maximum Gasteiger partial charge on any atom is 0.294 e. The molecule has 28 heavy (non-hydrogen) atoms. The molecule has 2 heterocycles. The summed E-state index contributed by atoms with van der Waals surface area (Å²) in [5.41, 5.74) is 1.73. The number of nitrogens with one attached hydrogen (secondary N) is 1. The smallest absolute Gasteiger partial charge is 0.294 e. The van der Waals surface area contributed by atoms with Gasteiger partial charge in [0, 0.05) is 33.8 Å². The molecule has 0 fully saturated rings. The molecule has 142 valence electrons. The number of aliphatic hydroxyl groups excluding tert-OH is 1. The Morgan fingerprint density at radius 1 is 1.04 bits per heavy atom. The minimum Gasteiger partial charge on any atom is -0.503 e. The van der Waals surface area contributed by atoms with E-state index in [1.807, 2.05) is 48.7 Å². The molecule has 1 atom stereocenters. The van der Waals surface area contributed by atoms with Crippen LogP contribution in [0.2, 0.25) is 0 Å². The van der Waals surface area contributed by atoms with E-state index < -0.39 is 23.1 Å². The molecule has 1 unspecified atom stereocenters. The van der Waals surface area contributed by atoms with Gasteiger partial charge in [-0.05, 0) is 18.2 Å². The molecule has 5 heteroatoms. The predicted molar refractivity (Wildman–Crippen MR) is 109 cm³/mol. The number of aliphatic hydroxyl groups is 1. The molecule has 4 rings (SSSR count). The number of aromatic amines is 1. The molecule has 0 saturated heterocycles. The second-order valence-corrected chi connectivity index (χ2v) is 8.04. The second kappa shape index (κ2) is 6.37. The SMILES string of the molecule is CC(C)(C)C(=O)C1=C(O)C(=O)N(c2ccccc2)C1c1c[nH]c2ccccc12. The third-order valence-corrected chi connectivity index (χ3v) is 5.08. The number of anilines is 1. The summed E-state index contributed by atoms with van der Waals surface area (Å²) in [6.07, 6.45) is 1.81. The standard InChI is InChI=1S/C23H22N2O3/c1-23(2,3)21(27)18-19(16-13-24-17-12-8-7-11-15(16)17)25(22(28)20(18)26)14-9-5-4-6-10-14/h4-13,19,24,26H,1-3H3. The zero-order valence-corrected chi connectivity index (χ0v) is 16.1. The Morgan fingerprint density at radius 3 is 2.36 bits per heavy atom. The summed E-state index contributed by atoms with van der Waals surface area (Å²) in [4.78, 5) is 31.0. The summed E-state index contributed by atoms with van der Waals surface area (Å²) in [6.45, 7) is 5.37. The highest BCUT2D eigenvalue weighted by molar-refractivity contribution is 6.18. The van der Waals surface area contributed by atoms with E-state index in [4.69, 9.17) is 0 Å². The van der Waals surface area contributed by atoms with Gasteiger partial charge in [-0.3, -0.25) is 14.5 Å². The maximum atomic E-state index is 13.2. The molecular weight excluding hydrogens is 352 g/mol. The number of benzene rings is 2. The minimum atomic E-state index is -0.735. The van der Waals surface area contributed by atoms with Crippen molar-refractivity contribution in [2.24, 2.45) is 5.41 Å². The summed E-state index contributed by atoms with van der Waals surface area (Å²) in [5.74, 6) is -1.28. The number of H-pyrrole nitrogens is 1. The molecule has 0 radical (unpaired) electrons. The lowest BCUT2D eigenvalue weighted by Gasteiger charge is -2.28. The largest absolute Gasteiger partial charge is 0.503 e. The molecule has 3 aromatic rings. The number of aromatic nitrogens is 1. The number of ketones is 1. The van der Waals surface area contributed by atoms with Crippen molar-refractivity contribution in [1.29, 1.82) is 0 Å². The molecule has 5 nitrogen and oxygen atoms in total.